The molecule has 0 radical (unpaired) electrons. The Morgan fingerprint density at radius 3 is 2.53 bits per heavy atom. The fourth-order valence-corrected chi connectivity index (χ4v) is 3.76. The summed E-state index contributed by atoms with van der Waals surface area (Å²) in [6.07, 6.45) is 1.71. The van der Waals surface area contributed by atoms with E-state index < -0.39 is 6.04 Å². The predicted octanol–water partition coefficient (Wildman–Crippen LogP) is 4.50. The van der Waals surface area contributed by atoms with Crippen LogP contribution in [0.2, 0.25) is 0 Å². The van der Waals surface area contributed by atoms with Crippen molar-refractivity contribution >= 4 is 17.5 Å². The van der Waals surface area contributed by atoms with Gasteiger partial charge in [0.15, 0.2) is 0 Å². The smallest absolute Gasteiger partial charge is 0.260 e. The zero-order valence-electron chi connectivity index (χ0n) is 16.8. The Hall–Kier alpha value is -3.54. The quantitative estimate of drug-likeness (QED) is 0.682. The van der Waals surface area contributed by atoms with E-state index in [4.69, 9.17) is 0 Å². The summed E-state index contributed by atoms with van der Waals surface area (Å²) in [5.74, 6) is -0.690. The molecule has 6 heteroatoms. The van der Waals surface area contributed by atoms with E-state index >= 15 is 0 Å². The SMILES string of the molecule is Cc1ccc(N2C(=O)c3cccnc3[C@@H]2CC(=O)N[C@H](C)c2ccc(F)cc2)cc1. The molecule has 0 bridgehead atoms. The van der Waals surface area contributed by atoms with Crippen molar-refractivity contribution in [2.24, 2.45) is 0 Å². The van der Waals surface area contributed by atoms with E-state index in [1.807, 2.05) is 38.1 Å². The molecular weight excluding hydrogens is 381 g/mol. The van der Waals surface area contributed by atoms with Crippen LogP contribution in [0, 0.1) is 12.7 Å². The van der Waals surface area contributed by atoms with Crippen LogP contribution in [0.25, 0.3) is 0 Å². The average Bonchev–Trinajstić information content (AvgIpc) is 3.01. The number of carbonyl (C=O) groups is 2. The summed E-state index contributed by atoms with van der Waals surface area (Å²) in [4.78, 5) is 32.0. The van der Waals surface area contributed by atoms with Crippen molar-refractivity contribution in [1.82, 2.24) is 10.3 Å². The van der Waals surface area contributed by atoms with E-state index in [1.54, 1.807) is 35.4 Å². The number of fused-ring (bicyclic) bond motifs is 1. The van der Waals surface area contributed by atoms with Crippen molar-refractivity contribution in [2.45, 2.75) is 32.4 Å². The summed E-state index contributed by atoms with van der Waals surface area (Å²) in [5, 5.41) is 2.94. The maximum Gasteiger partial charge on any atom is 0.260 e. The van der Waals surface area contributed by atoms with E-state index in [0.29, 0.717) is 11.3 Å². The minimum atomic E-state index is -0.489. The van der Waals surface area contributed by atoms with Crippen molar-refractivity contribution in [3.05, 3.63) is 95.1 Å². The molecule has 0 fully saturated rings. The molecule has 2 aromatic carbocycles. The molecule has 0 aliphatic carbocycles. The molecule has 0 saturated heterocycles. The number of carbonyl (C=O) groups excluding carboxylic acids is 2. The molecule has 30 heavy (non-hydrogen) atoms. The lowest BCUT2D eigenvalue weighted by atomic mass is 10.1. The summed E-state index contributed by atoms with van der Waals surface area (Å²) in [6.45, 7) is 3.82. The van der Waals surface area contributed by atoms with Gasteiger partial charge >= 0.3 is 0 Å². The number of amides is 2. The zero-order chi connectivity index (χ0) is 21.3. The minimum absolute atomic E-state index is 0.0785. The van der Waals surface area contributed by atoms with Crippen LogP contribution >= 0.6 is 0 Å². The van der Waals surface area contributed by atoms with Crippen LogP contribution in [0.4, 0.5) is 10.1 Å². The third-order valence-corrected chi connectivity index (χ3v) is 5.35. The minimum Gasteiger partial charge on any atom is -0.350 e. The molecule has 2 amide bonds. The molecule has 4 rings (SSSR count). The molecule has 152 valence electrons. The Morgan fingerprint density at radius 2 is 1.83 bits per heavy atom. The second-order valence-electron chi connectivity index (χ2n) is 7.51. The first-order valence-electron chi connectivity index (χ1n) is 9.84. The Labute approximate surface area is 174 Å². The third kappa shape index (κ3) is 3.81. The molecule has 1 N–H and O–H groups in total. The first-order valence-corrected chi connectivity index (χ1v) is 9.84. The second-order valence-corrected chi connectivity index (χ2v) is 7.51. The Kier molecular flexibility index (Phi) is 5.31. The largest absolute Gasteiger partial charge is 0.350 e. The maximum absolute atomic E-state index is 13.2. The third-order valence-electron chi connectivity index (χ3n) is 5.35. The number of hydrogen-bond donors (Lipinski definition) is 1. The molecule has 2 atom stereocenters. The zero-order valence-corrected chi connectivity index (χ0v) is 16.8. The van der Waals surface area contributed by atoms with Crippen LogP contribution in [-0.4, -0.2) is 16.8 Å². The van der Waals surface area contributed by atoms with Crippen LogP contribution in [0.1, 0.15) is 52.6 Å². The van der Waals surface area contributed by atoms with Gasteiger partial charge in [-0.2, -0.15) is 0 Å². The van der Waals surface area contributed by atoms with Gasteiger partial charge in [-0.3, -0.25) is 19.5 Å². The highest BCUT2D eigenvalue weighted by Gasteiger charge is 2.40. The highest BCUT2D eigenvalue weighted by Crippen LogP contribution is 2.38. The van der Waals surface area contributed by atoms with Gasteiger partial charge in [0.1, 0.15) is 5.82 Å². The summed E-state index contributed by atoms with van der Waals surface area (Å²) < 4.78 is 13.2. The predicted molar refractivity (Wildman–Crippen MR) is 113 cm³/mol. The van der Waals surface area contributed by atoms with Crippen LogP contribution in [0.15, 0.2) is 66.9 Å². The van der Waals surface area contributed by atoms with E-state index in [0.717, 1.165) is 16.8 Å². The molecule has 2 heterocycles. The fraction of sp³-hybridized carbons (Fsp3) is 0.208. The van der Waals surface area contributed by atoms with Crippen molar-refractivity contribution in [1.29, 1.82) is 0 Å². The number of nitrogens with one attached hydrogen (secondary N) is 1. The summed E-state index contributed by atoms with van der Waals surface area (Å²) >= 11 is 0. The van der Waals surface area contributed by atoms with Gasteiger partial charge in [-0.1, -0.05) is 29.8 Å². The number of benzene rings is 2. The van der Waals surface area contributed by atoms with Crippen LogP contribution < -0.4 is 10.2 Å². The average molecular weight is 403 g/mol. The number of anilines is 1. The first-order chi connectivity index (χ1) is 14.4. The molecule has 1 aromatic heterocycles. The van der Waals surface area contributed by atoms with E-state index in [9.17, 15) is 14.0 Å². The number of rotatable bonds is 5. The number of pyridine rings is 1. The number of nitrogens with zero attached hydrogens (tertiary/aromatic N) is 2. The summed E-state index contributed by atoms with van der Waals surface area (Å²) in [5.41, 5.74) is 3.74. The highest BCUT2D eigenvalue weighted by molar-refractivity contribution is 6.11. The van der Waals surface area contributed by atoms with Crippen molar-refractivity contribution in [3.63, 3.8) is 0 Å². The Bertz CT molecular complexity index is 1080. The first kappa shape index (κ1) is 19.8. The lowest BCUT2D eigenvalue weighted by Crippen LogP contribution is -2.34. The molecule has 1 aliphatic heterocycles. The lowest BCUT2D eigenvalue weighted by molar-refractivity contribution is -0.122. The van der Waals surface area contributed by atoms with Gasteiger partial charge in [-0.15, -0.1) is 0 Å². The molecule has 3 aromatic rings. The van der Waals surface area contributed by atoms with Crippen LogP contribution in [0.5, 0.6) is 0 Å². The summed E-state index contributed by atoms with van der Waals surface area (Å²) in [6, 6.07) is 16.4. The van der Waals surface area contributed by atoms with Gasteiger partial charge < -0.3 is 5.32 Å². The van der Waals surface area contributed by atoms with Gasteiger partial charge in [0.05, 0.1) is 29.8 Å². The second kappa shape index (κ2) is 8.06. The molecule has 0 spiro atoms. The van der Waals surface area contributed by atoms with Gasteiger partial charge in [0, 0.05) is 11.9 Å². The Morgan fingerprint density at radius 1 is 1.13 bits per heavy atom. The van der Waals surface area contributed by atoms with Crippen LogP contribution in [0.3, 0.4) is 0 Å². The highest BCUT2D eigenvalue weighted by atomic mass is 19.1. The lowest BCUT2D eigenvalue weighted by Gasteiger charge is -2.25. The molecular formula is C24H22FN3O2. The van der Waals surface area contributed by atoms with Gasteiger partial charge in [0.2, 0.25) is 5.91 Å². The van der Waals surface area contributed by atoms with E-state index in [-0.39, 0.29) is 30.1 Å². The topological polar surface area (TPSA) is 62.3 Å². The number of aryl methyl sites for hydroxylation is 1. The van der Waals surface area contributed by atoms with Crippen molar-refractivity contribution < 1.29 is 14.0 Å². The Balaban J connectivity index is 1.58. The number of aromatic nitrogens is 1. The number of halogens is 1. The van der Waals surface area contributed by atoms with E-state index in [2.05, 4.69) is 10.3 Å². The number of hydrogen-bond acceptors (Lipinski definition) is 3. The van der Waals surface area contributed by atoms with Crippen molar-refractivity contribution in [3.8, 4) is 0 Å². The summed E-state index contributed by atoms with van der Waals surface area (Å²) in [7, 11) is 0. The molecule has 0 unspecified atom stereocenters. The van der Waals surface area contributed by atoms with Gasteiger partial charge in [-0.05, 0) is 55.8 Å². The van der Waals surface area contributed by atoms with Crippen molar-refractivity contribution in [2.75, 3.05) is 4.90 Å². The fourth-order valence-electron chi connectivity index (χ4n) is 3.76. The monoisotopic (exact) mass is 403 g/mol. The van der Waals surface area contributed by atoms with E-state index in [1.165, 1.54) is 12.1 Å². The molecule has 1 aliphatic rings. The molecule has 0 saturated carbocycles. The molecule has 5 nitrogen and oxygen atoms in total. The van der Waals surface area contributed by atoms with Gasteiger partial charge in [-0.25, -0.2) is 4.39 Å². The maximum atomic E-state index is 13.2. The van der Waals surface area contributed by atoms with Crippen LogP contribution in [-0.2, 0) is 4.79 Å². The standard InChI is InChI=1S/C24H22FN3O2/c1-15-5-11-19(12-6-15)28-21(23-20(24(28)30)4-3-13-26-23)14-22(29)27-16(2)17-7-9-18(25)10-8-17/h3-13,16,21H,14H2,1-2H3,(H,27,29)/t16-,21+/m1/s1. The van der Waals surface area contributed by atoms with Gasteiger partial charge in [0.25, 0.3) is 5.91 Å². The normalized spacial score (nSPS) is 16.3.